The molecule has 0 heterocycles. The highest BCUT2D eigenvalue weighted by Gasteiger charge is 2.35. The van der Waals surface area contributed by atoms with E-state index in [0.29, 0.717) is 5.75 Å². The number of hydrogen-bond acceptors (Lipinski definition) is 5. The van der Waals surface area contributed by atoms with Crippen molar-refractivity contribution in [1.82, 2.24) is 5.32 Å². The number of carbonyl (C=O) groups is 1. The summed E-state index contributed by atoms with van der Waals surface area (Å²) in [4.78, 5) is 22.1. The molecule has 0 aliphatic heterocycles. The van der Waals surface area contributed by atoms with Crippen LogP contribution in [0.15, 0.2) is 60.7 Å². The van der Waals surface area contributed by atoms with E-state index in [9.17, 15) is 14.3 Å². The van der Waals surface area contributed by atoms with E-state index < -0.39 is 19.5 Å². The van der Waals surface area contributed by atoms with Gasteiger partial charge in [0, 0.05) is 0 Å². The van der Waals surface area contributed by atoms with Crippen LogP contribution in [0.5, 0.6) is 5.75 Å². The van der Waals surface area contributed by atoms with Crippen molar-refractivity contribution in [3.8, 4) is 5.75 Å². The minimum absolute atomic E-state index is 0.0242. The average molecular weight is 379 g/mol. The third kappa shape index (κ3) is 6.52. The number of alkyl carbamates (subject to hydrolysis) is 1. The van der Waals surface area contributed by atoms with Crippen molar-refractivity contribution in [1.29, 1.82) is 0 Å². The fourth-order valence-corrected chi connectivity index (χ4v) is 3.17. The molecule has 0 fully saturated rings. The Morgan fingerprint density at radius 3 is 2.35 bits per heavy atom. The van der Waals surface area contributed by atoms with Gasteiger partial charge in [-0.05, 0) is 24.6 Å². The van der Waals surface area contributed by atoms with Crippen LogP contribution in [0.2, 0.25) is 0 Å². The molecule has 2 aromatic carbocycles. The molecule has 0 aliphatic carbocycles. The minimum Gasteiger partial charge on any atom is -0.491 e. The first-order valence-corrected chi connectivity index (χ1v) is 9.78. The first kappa shape index (κ1) is 20.0. The smallest absolute Gasteiger partial charge is 0.408 e. The van der Waals surface area contributed by atoms with Crippen LogP contribution in [0.25, 0.3) is 0 Å². The number of benzene rings is 2. The summed E-state index contributed by atoms with van der Waals surface area (Å²) in [6.07, 6.45) is -0.829. The van der Waals surface area contributed by atoms with Crippen LogP contribution in [0.3, 0.4) is 0 Å². The Balaban J connectivity index is 1.96. The Bertz CT molecular complexity index is 725. The molecular weight excluding hydrogens is 357 g/mol. The van der Waals surface area contributed by atoms with Gasteiger partial charge in [-0.2, -0.15) is 0 Å². The van der Waals surface area contributed by atoms with Crippen LogP contribution in [-0.4, -0.2) is 30.0 Å². The van der Waals surface area contributed by atoms with Gasteiger partial charge >= 0.3 is 13.7 Å². The summed E-state index contributed by atoms with van der Waals surface area (Å²) < 4.78 is 27.8. The van der Waals surface area contributed by atoms with E-state index in [1.807, 2.05) is 24.3 Å². The molecule has 140 valence electrons. The van der Waals surface area contributed by atoms with Crippen molar-refractivity contribution < 1.29 is 28.3 Å². The lowest BCUT2D eigenvalue weighted by molar-refractivity contribution is 0.132. The zero-order valence-corrected chi connectivity index (χ0v) is 15.3. The summed E-state index contributed by atoms with van der Waals surface area (Å²) in [7, 11) is -4.13. The van der Waals surface area contributed by atoms with Crippen LogP contribution < -0.4 is 10.1 Å². The maximum absolute atomic E-state index is 12.3. The Kier molecular flexibility index (Phi) is 7.66. The molecule has 0 saturated heterocycles. The highest BCUT2D eigenvalue weighted by atomic mass is 31.2. The second-order valence-corrected chi connectivity index (χ2v) is 7.34. The van der Waals surface area contributed by atoms with E-state index in [2.05, 4.69) is 5.32 Å². The number of rotatable bonds is 9. The third-order valence-corrected chi connectivity index (χ3v) is 5.05. The molecule has 2 unspecified atom stereocenters. The van der Waals surface area contributed by atoms with Crippen molar-refractivity contribution in [3.63, 3.8) is 0 Å². The van der Waals surface area contributed by atoms with Crippen LogP contribution in [0, 0.1) is 0 Å². The van der Waals surface area contributed by atoms with E-state index >= 15 is 0 Å². The molecule has 2 atom stereocenters. The van der Waals surface area contributed by atoms with Crippen molar-refractivity contribution in [2.75, 3.05) is 13.2 Å². The molecular formula is C18H22NO6P. The van der Waals surface area contributed by atoms with Crippen molar-refractivity contribution in [3.05, 3.63) is 66.2 Å². The molecule has 0 saturated carbocycles. The number of ether oxygens (including phenoxy) is 2. The van der Waals surface area contributed by atoms with Gasteiger partial charge in [0.05, 0.1) is 6.61 Å². The molecule has 2 aromatic rings. The minimum atomic E-state index is -4.13. The van der Waals surface area contributed by atoms with Crippen LogP contribution in [0.4, 0.5) is 4.79 Å². The van der Waals surface area contributed by atoms with Crippen molar-refractivity contribution in [2.24, 2.45) is 0 Å². The van der Waals surface area contributed by atoms with Gasteiger partial charge in [-0.1, -0.05) is 48.5 Å². The lowest BCUT2D eigenvalue weighted by Gasteiger charge is -2.23. The predicted octanol–water partition coefficient (Wildman–Crippen LogP) is 3.54. The summed E-state index contributed by atoms with van der Waals surface area (Å²) >= 11 is 0. The Morgan fingerprint density at radius 2 is 1.73 bits per heavy atom. The lowest BCUT2D eigenvalue weighted by atomic mass is 10.2. The van der Waals surface area contributed by atoms with Gasteiger partial charge < -0.3 is 24.2 Å². The highest BCUT2D eigenvalue weighted by molar-refractivity contribution is 7.53. The fraction of sp³-hybridized carbons (Fsp3) is 0.278. The average Bonchev–Trinajstić information content (AvgIpc) is 2.65. The zero-order chi connectivity index (χ0) is 18.8. The van der Waals surface area contributed by atoms with Gasteiger partial charge in [-0.3, -0.25) is 4.57 Å². The second kappa shape index (κ2) is 9.97. The van der Waals surface area contributed by atoms with Gasteiger partial charge in [0.1, 0.15) is 19.0 Å². The van der Waals surface area contributed by atoms with Gasteiger partial charge in [-0.15, -0.1) is 0 Å². The van der Waals surface area contributed by atoms with Crippen LogP contribution >= 0.6 is 7.60 Å². The lowest BCUT2D eigenvalue weighted by Crippen LogP contribution is -2.39. The number of nitrogens with one attached hydrogen (secondary N) is 1. The molecule has 8 heteroatoms. The summed E-state index contributed by atoms with van der Waals surface area (Å²) in [6.45, 7) is 1.42. The maximum atomic E-state index is 12.3. The quantitative estimate of drug-likeness (QED) is 0.647. The Labute approximate surface area is 152 Å². The molecule has 26 heavy (non-hydrogen) atoms. The molecule has 0 aliphatic rings. The molecule has 1 amide bonds. The fourth-order valence-electron chi connectivity index (χ4n) is 2.09. The number of carbonyl (C=O) groups excluding carboxylic acids is 1. The first-order chi connectivity index (χ1) is 12.5. The summed E-state index contributed by atoms with van der Waals surface area (Å²) in [5.41, 5.74) is 0.803. The van der Waals surface area contributed by atoms with E-state index in [1.54, 1.807) is 43.3 Å². The Morgan fingerprint density at radius 1 is 1.12 bits per heavy atom. The normalized spacial score (nSPS) is 14.1. The SMILES string of the molecule is CCOP(=O)(O)C(COc1ccccc1)NC(=O)OCc1ccccc1. The zero-order valence-electron chi connectivity index (χ0n) is 14.4. The van der Waals surface area contributed by atoms with E-state index in [-0.39, 0.29) is 19.8 Å². The number of para-hydroxylation sites is 1. The van der Waals surface area contributed by atoms with E-state index in [1.165, 1.54) is 0 Å². The maximum Gasteiger partial charge on any atom is 0.408 e. The molecule has 0 aromatic heterocycles. The molecule has 2 rings (SSSR count). The summed E-state index contributed by atoms with van der Waals surface area (Å²) in [5.74, 6) is -0.751. The predicted molar refractivity (Wildman–Crippen MR) is 96.9 cm³/mol. The Hall–Kier alpha value is -2.34. The molecule has 2 N–H and O–H groups in total. The summed E-state index contributed by atoms with van der Waals surface area (Å²) in [5, 5.41) is 2.36. The van der Waals surface area contributed by atoms with Crippen LogP contribution in [0.1, 0.15) is 12.5 Å². The molecule has 0 spiro atoms. The monoisotopic (exact) mass is 379 g/mol. The number of hydrogen-bond donors (Lipinski definition) is 2. The van der Waals surface area contributed by atoms with Crippen molar-refractivity contribution in [2.45, 2.75) is 19.3 Å². The van der Waals surface area contributed by atoms with Gasteiger partial charge in [-0.25, -0.2) is 4.79 Å². The standard InChI is InChI=1S/C18H22NO6P/c1-2-25-26(21,22)17(14-23-16-11-7-4-8-12-16)19-18(20)24-13-15-9-5-3-6-10-15/h3-12,17H,2,13-14H2,1H3,(H,19,20)(H,21,22). The third-order valence-electron chi connectivity index (χ3n) is 3.36. The second-order valence-electron chi connectivity index (χ2n) is 5.33. The van der Waals surface area contributed by atoms with E-state index in [0.717, 1.165) is 5.56 Å². The van der Waals surface area contributed by atoms with Crippen LogP contribution in [-0.2, 0) is 20.4 Å². The van der Waals surface area contributed by atoms with Gasteiger partial charge in [0.15, 0.2) is 5.78 Å². The topological polar surface area (TPSA) is 94.1 Å². The first-order valence-electron chi connectivity index (χ1n) is 8.13. The molecule has 7 nitrogen and oxygen atoms in total. The van der Waals surface area contributed by atoms with Crippen molar-refractivity contribution >= 4 is 13.7 Å². The van der Waals surface area contributed by atoms with Gasteiger partial charge in [0.25, 0.3) is 0 Å². The largest absolute Gasteiger partial charge is 0.491 e. The van der Waals surface area contributed by atoms with E-state index in [4.69, 9.17) is 14.0 Å². The molecule has 0 bridgehead atoms. The number of amides is 1. The molecule has 0 radical (unpaired) electrons. The highest BCUT2D eigenvalue weighted by Crippen LogP contribution is 2.46. The van der Waals surface area contributed by atoms with Gasteiger partial charge in [0.2, 0.25) is 0 Å². The summed E-state index contributed by atoms with van der Waals surface area (Å²) in [6, 6.07) is 17.9.